The average Bonchev–Trinajstić information content (AvgIpc) is 2.48. The van der Waals surface area contributed by atoms with Gasteiger partial charge in [0, 0.05) is 23.8 Å². The lowest BCUT2D eigenvalue weighted by molar-refractivity contribution is -0.0710. The van der Waals surface area contributed by atoms with Crippen LogP contribution in [0.2, 0.25) is 5.02 Å². The molecule has 1 aliphatic rings. The van der Waals surface area contributed by atoms with Crippen LogP contribution in [0.15, 0.2) is 24.3 Å². The van der Waals surface area contributed by atoms with E-state index in [0.717, 1.165) is 18.8 Å². The van der Waals surface area contributed by atoms with E-state index in [-0.39, 0.29) is 18.2 Å². The predicted octanol–water partition coefficient (Wildman–Crippen LogP) is 2.46. The topological polar surface area (TPSA) is 89.2 Å². The van der Waals surface area contributed by atoms with E-state index in [2.05, 4.69) is 39.0 Å². The molecule has 24 heavy (non-hydrogen) atoms. The number of anilines is 3. The van der Waals surface area contributed by atoms with E-state index in [4.69, 9.17) is 22.1 Å². The maximum absolute atomic E-state index is 5.89. The first-order valence-corrected chi connectivity index (χ1v) is 8.26. The summed E-state index contributed by atoms with van der Waals surface area (Å²) in [5.74, 6) is 1.26. The molecule has 1 aromatic heterocycles. The number of rotatable bonds is 4. The van der Waals surface area contributed by atoms with Crippen LogP contribution in [0.4, 0.5) is 17.6 Å². The van der Waals surface area contributed by atoms with E-state index in [1.807, 2.05) is 12.1 Å². The number of nitrogens with two attached hydrogens (primary N) is 1. The number of ether oxygens (including phenoxy) is 1. The molecule has 3 N–H and O–H groups in total. The molecule has 0 spiro atoms. The first kappa shape index (κ1) is 16.9. The van der Waals surface area contributed by atoms with Gasteiger partial charge in [-0.3, -0.25) is 4.90 Å². The minimum absolute atomic E-state index is 0.194. The molecule has 1 saturated heterocycles. The van der Waals surface area contributed by atoms with Gasteiger partial charge in [0.25, 0.3) is 0 Å². The van der Waals surface area contributed by atoms with Crippen molar-refractivity contribution in [3.05, 3.63) is 35.1 Å². The number of hydrogen-bond acceptors (Lipinski definition) is 7. The number of aromatic nitrogens is 3. The summed E-state index contributed by atoms with van der Waals surface area (Å²) >= 11 is 5.89. The third-order valence-corrected chi connectivity index (χ3v) is 3.91. The standard InChI is InChI=1S/C16H21ClN6O/c1-10-7-23(8-11(2)24-10)9-14-20-15(18)22-16(21-14)19-13-5-3-12(17)4-6-13/h3-6,10-11H,7-9H2,1-2H3,(H3,18,19,20,21,22)/t10-,11-/m0/s1. The molecule has 7 nitrogen and oxygen atoms in total. The highest BCUT2D eigenvalue weighted by atomic mass is 35.5. The molecule has 3 rings (SSSR count). The van der Waals surface area contributed by atoms with Gasteiger partial charge in [-0.15, -0.1) is 0 Å². The fourth-order valence-electron chi connectivity index (χ4n) is 2.84. The average molecular weight is 349 g/mol. The van der Waals surface area contributed by atoms with Crippen molar-refractivity contribution in [2.45, 2.75) is 32.6 Å². The summed E-state index contributed by atoms with van der Waals surface area (Å²) in [6.45, 7) is 6.43. The Balaban J connectivity index is 1.72. The molecule has 0 unspecified atom stereocenters. The summed E-state index contributed by atoms with van der Waals surface area (Å²) < 4.78 is 5.75. The molecular weight excluding hydrogens is 328 g/mol. The van der Waals surface area contributed by atoms with E-state index in [9.17, 15) is 0 Å². The van der Waals surface area contributed by atoms with Crippen molar-refractivity contribution >= 4 is 29.2 Å². The quantitative estimate of drug-likeness (QED) is 0.877. The van der Waals surface area contributed by atoms with Crippen LogP contribution in [-0.2, 0) is 11.3 Å². The van der Waals surface area contributed by atoms with Crippen molar-refractivity contribution in [3.8, 4) is 0 Å². The van der Waals surface area contributed by atoms with Gasteiger partial charge in [0.2, 0.25) is 11.9 Å². The number of halogens is 1. The highest BCUT2D eigenvalue weighted by Crippen LogP contribution is 2.18. The van der Waals surface area contributed by atoms with Gasteiger partial charge >= 0.3 is 0 Å². The fourth-order valence-corrected chi connectivity index (χ4v) is 2.97. The molecule has 1 fully saturated rings. The van der Waals surface area contributed by atoms with Crippen molar-refractivity contribution in [2.24, 2.45) is 0 Å². The lowest BCUT2D eigenvalue weighted by Gasteiger charge is -2.34. The molecule has 0 bridgehead atoms. The third kappa shape index (κ3) is 4.53. The zero-order valence-corrected chi connectivity index (χ0v) is 14.5. The minimum atomic E-state index is 0.194. The predicted molar refractivity (Wildman–Crippen MR) is 94.3 cm³/mol. The fraction of sp³-hybridized carbons (Fsp3) is 0.438. The van der Waals surface area contributed by atoms with Crippen LogP contribution < -0.4 is 11.1 Å². The van der Waals surface area contributed by atoms with Gasteiger partial charge in [0.1, 0.15) is 5.82 Å². The van der Waals surface area contributed by atoms with Gasteiger partial charge in [0.15, 0.2) is 0 Å². The normalized spacial score (nSPS) is 21.6. The van der Waals surface area contributed by atoms with Crippen LogP contribution in [0.25, 0.3) is 0 Å². The summed E-state index contributed by atoms with van der Waals surface area (Å²) in [4.78, 5) is 15.1. The minimum Gasteiger partial charge on any atom is -0.373 e. The molecule has 2 aromatic rings. The molecule has 2 heterocycles. The monoisotopic (exact) mass is 348 g/mol. The molecule has 0 saturated carbocycles. The number of benzene rings is 1. The highest BCUT2D eigenvalue weighted by molar-refractivity contribution is 6.30. The Kier molecular flexibility index (Phi) is 5.13. The number of hydrogen-bond donors (Lipinski definition) is 2. The second-order valence-corrected chi connectivity index (χ2v) is 6.45. The second kappa shape index (κ2) is 7.29. The van der Waals surface area contributed by atoms with E-state index < -0.39 is 0 Å². The van der Waals surface area contributed by atoms with Crippen molar-refractivity contribution in [2.75, 3.05) is 24.1 Å². The molecule has 1 aliphatic heterocycles. The van der Waals surface area contributed by atoms with Crippen molar-refractivity contribution in [3.63, 3.8) is 0 Å². The Hall–Kier alpha value is -1.96. The number of nitrogen functional groups attached to an aromatic ring is 1. The summed E-state index contributed by atoms with van der Waals surface area (Å²) in [5.41, 5.74) is 6.67. The Labute approximate surface area is 146 Å². The molecule has 1 aromatic carbocycles. The van der Waals surface area contributed by atoms with Crippen molar-refractivity contribution in [1.29, 1.82) is 0 Å². The van der Waals surface area contributed by atoms with Crippen molar-refractivity contribution < 1.29 is 4.74 Å². The lowest BCUT2D eigenvalue weighted by atomic mass is 10.2. The largest absolute Gasteiger partial charge is 0.373 e. The van der Waals surface area contributed by atoms with Crippen LogP contribution in [0.1, 0.15) is 19.7 Å². The molecular formula is C16H21ClN6O. The van der Waals surface area contributed by atoms with Crippen molar-refractivity contribution in [1.82, 2.24) is 19.9 Å². The van der Waals surface area contributed by atoms with Crippen LogP contribution in [0.5, 0.6) is 0 Å². The first-order valence-electron chi connectivity index (χ1n) is 7.89. The van der Waals surface area contributed by atoms with E-state index >= 15 is 0 Å². The molecule has 0 aliphatic carbocycles. The van der Waals surface area contributed by atoms with Gasteiger partial charge in [-0.2, -0.15) is 15.0 Å². The third-order valence-electron chi connectivity index (χ3n) is 3.66. The zero-order chi connectivity index (χ0) is 17.1. The second-order valence-electron chi connectivity index (χ2n) is 6.02. The first-order chi connectivity index (χ1) is 11.5. The van der Waals surface area contributed by atoms with Gasteiger partial charge in [-0.05, 0) is 38.1 Å². The number of nitrogens with one attached hydrogen (secondary N) is 1. The lowest BCUT2D eigenvalue weighted by Crippen LogP contribution is -2.45. The molecule has 0 amide bonds. The summed E-state index contributed by atoms with van der Waals surface area (Å²) in [7, 11) is 0. The Bertz CT molecular complexity index is 685. The van der Waals surface area contributed by atoms with Gasteiger partial charge in [-0.25, -0.2) is 0 Å². The molecule has 8 heteroatoms. The Morgan fingerprint density at radius 1 is 1.17 bits per heavy atom. The Morgan fingerprint density at radius 2 is 1.83 bits per heavy atom. The summed E-state index contributed by atoms with van der Waals surface area (Å²) in [6, 6.07) is 7.30. The SMILES string of the molecule is C[C@H]1CN(Cc2nc(N)nc(Nc3ccc(Cl)cc3)n2)C[C@H](C)O1. The zero-order valence-electron chi connectivity index (χ0n) is 13.7. The number of nitrogens with zero attached hydrogens (tertiary/aromatic N) is 4. The molecule has 2 atom stereocenters. The van der Waals surface area contributed by atoms with Gasteiger partial charge in [-0.1, -0.05) is 11.6 Å². The van der Waals surface area contributed by atoms with E-state index in [0.29, 0.717) is 23.3 Å². The maximum atomic E-state index is 5.89. The maximum Gasteiger partial charge on any atom is 0.232 e. The van der Waals surface area contributed by atoms with Gasteiger partial charge < -0.3 is 15.8 Å². The van der Waals surface area contributed by atoms with Crippen LogP contribution in [0.3, 0.4) is 0 Å². The van der Waals surface area contributed by atoms with E-state index in [1.165, 1.54) is 0 Å². The molecule has 128 valence electrons. The smallest absolute Gasteiger partial charge is 0.232 e. The summed E-state index contributed by atoms with van der Waals surface area (Å²) in [5, 5.41) is 3.80. The van der Waals surface area contributed by atoms with Gasteiger partial charge in [0.05, 0.1) is 18.8 Å². The van der Waals surface area contributed by atoms with Crippen LogP contribution in [-0.4, -0.2) is 45.1 Å². The molecule has 0 radical (unpaired) electrons. The summed E-state index contributed by atoms with van der Waals surface area (Å²) in [6.07, 6.45) is 0.388. The van der Waals surface area contributed by atoms with E-state index in [1.54, 1.807) is 12.1 Å². The number of morpholine rings is 1. The van der Waals surface area contributed by atoms with Crippen LogP contribution in [0, 0.1) is 0 Å². The Morgan fingerprint density at radius 3 is 2.50 bits per heavy atom. The van der Waals surface area contributed by atoms with Crippen LogP contribution >= 0.6 is 11.6 Å². The highest BCUT2D eigenvalue weighted by Gasteiger charge is 2.23.